The highest BCUT2D eigenvalue weighted by molar-refractivity contribution is 9.10. The summed E-state index contributed by atoms with van der Waals surface area (Å²) in [7, 11) is 0. The Bertz CT molecular complexity index is 950. The Balaban J connectivity index is 1.76. The van der Waals surface area contributed by atoms with Crippen LogP contribution in [0.3, 0.4) is 0 Å². The number of amides is 2. The van der Waals surface area contributed by atoms with E-state index < -0.39 is 6.03 Å². The first-order valence-corrected chi connectivity index (χ1v) is 8.37. The molecule has 2 amide bonds. The highest BCUT2D eigenvalue weighted by Crippen LogP contribution is 2.28. The van der Waals surface area contributed by atoms with Crippen LogP contribution >= 0.6 is 38.9 Å². The van der Waals surface area contributed by atoms with Crippen LogP contribution in [0.1, 0.15) is 5.56 Å². The number of carbonyl (C=O) groups is 1. The standard InChI is InChI=1S/C15H8BrClN4OS/c16-9-3-8(7-18)4-11(5-9)19-14(22)21-15-20-12-2-1-10(17)6-13(12)23-15/h1-6H,(H2,19,20,21,22). The Morgan fingerprint density at radius 1 is 1.26 bits per heavy atom. The number of fused-ring (bicyclic) bond motifs is 1. The number of anilines is 2. The van der Waals surface area contributed by atoms with Gasteiger partial charge in [-0.1, -0.05) is 38.9 Å². The molecule has 1 aromatic heterocycles. The molecule has 2 aromatic carbocycles. The molecule has 3 rings (SSSR count). The zero-order chi connectivity index (χ0) is 16.4. The van der Waals surface area contributed by atoms with Gasteiger partial charge in [0.2, 0.25) is 0 Å². The Labute approximate surface area is 149 Å². The molecule has 23 heavy (non-hydrogen) atoms. The number of aromatic nitrogens is 1. The number of carbonyl (C=O) groups excluding carboxylic acids is 1. The van der Waals surface area contributed by atoms with E-state index in [1.807, 2.05) is 6.07 Å². The van der Waals surface area contributed by atoms with Crippen LogP contribution in [0.5, 0.6) is 0 Å². The normalized spacial score (nSPS) is 10.3. The summed E-state index contributed by atoms with van der Waals surface area (Å²) in [4.78, 5) is 16.4. The molecule has 0 aliphatic rings. The number of nitrogens with one attached hydrogen (secondary N) is 2. The Kier molecular flexibility index (Phi) is 4.48. The summed E-state index contributed by atoms with van der Waals surface area (Å²) >= 11 is 10.6. The zero-order valence-corrected chi connectivity index (χ0v) is 14.6. The summed E-state index contributed by atoms with van der Waals surface area (Å²) in [5.74, 6) is 0. The Morgan fingerprint density at radius 2 is 2.09 bits per heavy atom. The maximum absolute atomic E-state index is 12.1. The highest BCUT2D eigenvalue weighted by Gasteiger charge is 2.09. The minimum Gasteiger partial charge on any atom is -0.308 e. The average Bonchev–Trinajstić information content (AvgIpc) is 2.87. The van der Waals surface area contributed by atoms with Crippen LogP contribution in [0.2, 0.25) is 5.02 Å². The van der Waals surface area contributed by atoms with Crippen molar-refractivity contribution in [1.82, 2.24) is 4.98 Å². The van der Waals surface area contributed by atoms with E-state index in [1.165, 1.54) is 11.3 Å². The van der Waals surface area contributed by atoms with E-state index in [9.17, 15) is 4.79 Å². The number of hydrogen-bond acceptors (Lipinski definition) is 4. The van der Waals surface area contributed by atoms with Gasteiger partial charge < -0.3 is 5.32 Å². The fourth-order valence-corrected chi connectivity index (χ4v) is 3.57. The van der Waals surface area contributed by atoms with Crippen molar-refractivity contribution in [3.8, 4) is 6.07 Å². The van der Waals surface area contributed by atoms with Gasteiger partial charge in [0.05, 0.1) is 21.8 Å². The fraction of sp³-hybridized carbons (Fsp3) is 0. The molecule has 0 fully saturated rings. The van der Waals surface area contributed by atoms with Crippen LogP contribution in [0.15, 0.2) is 40.9 Å². The maximum Gasteiger partial charge on any atom is 0.325 e. The predicted molar refractivity (Wildman–Crippen MR) is 96.1 cm³/mol. The molecule has 0 unspecified atom stereocenters. The molecule has 0 atom stereocenters. The molecule has 0 saturated heterocycles. The number of hydrogen-bond donors (Lipinski definition) is 2. The highest BCUT2D eigenvalue weighted by atomic mass is 79.9. The van der Waals surface area contributed by atoms with E-state index in [-0.39, 0.29) is 0 Å². The lowest BCUT2D eigenvalue weighted by Crippen LogP contribution is -2.19. The Morgan fingerprint density at radius 3 is 2.87 bits per heavy atom. The van der Waals surface area contributed by atoms with E-state index in [0.717, 1.165) is 10.2 Å². The molecule has 0 spiro atoms. The van der Waals surface area contributed by atoms with E-state index >= 15 is 0 Å². The maximum atomic E-state index is 12.1. The van der Waals surface area contributed by atoms with Crippen LogP contribution in [0.4, 0.5) is 15.6 Å². The molecule has 5 nitrogen and oxygen atoms in total. The minimum absolute atomic E-state index is 0.433. The van der Waals surface area contributed by atoms with Gasteiger partial charge in [0.25, 0.3) is 0 Å². The summed E-state index contributed by atoms with van der Waals surface area (Å²) in [5.41, 5.74) is 1.73. The first kappa shape index (κ1) is 15.7. The number of nitrogens with zero attached hydrogens (tertiary/aromatic N) is 2. The van der Waals surface area contributed by atoms with Crippen LogP contribution < -0.4 is 10.6 Å². The van der Waals surface area contributed by atoms with Crippen molar-refractivity contribution in [2.75, 3.05) is 10.6 Å². The predicted octanol–water partition coefficient (Wildman–Crippen LogP) is 5.23. The summed E-state index contributed by atoms with van der Waals surface area (Å²) in [6.07, 6.45) is 0. The van der Waals surface area contributed by atoms with E-state index in [2.05, 4.69) is 31.5 Å². The quantitative estimate of drug-likeness (QED) is 0.610. The monoisotopic (exact) mass is 406 g/mol. The fourth-order valence-electron chi connectivity index (χ4n) is 1.94. The number of nitriles is 1. The first-order valence-electron chi connectivity index (χ1n) is 6.38. The van der Waals surface area contributed by atoms with E-state index in [1.54, 1.807) is 36.4 Å². The molecule has 1 heterocycles. The second-order valence-corrected chi connectivity index (χ2v) is 6.93. The van der Waals surface area contributed by atoms with Crippen LogP contribution in [-0.2, 0) is 0 Å². The van der Waals surface area contributed by atoms with Gasteiger partial charge in [0.1, 0.15) is 0 Å². The van der Waals surface area contributed by atoms with Gasteiger partial charge in [-0.25, -0.2) is 9.78 Å². The molecule has 0 aliphatic carbocycles. The van der Waals surface area contributed by atoms with E-state index in [0.29, 0.717) is 25.9 Å². The molecule has 0 bridgehead atoms. The van der Waals surface area contributed by atoms with Gasteiger partial charge in [0, 0.05) is 15.2 Å². The number of thiazole rings is 1. The lowest BCUT2D eigenvalue weighted by molar-refractivity contribution is 0.262. The van der Waals surface area contributed by atoms with Gasteiger partial charge in [-0.15, -0.1) is 0 Å². The van der Waals surface area contributed by atoms with Crippen molar-refractivity contribution < 1.29 is 4.79 Å². The van der Waals surface area contributed by atoms with Crippen LogP contribution in [-0.4, -0.2) is 11.0 Å². The third-order valence-electron chi connectivity index (χ3n) is 2.86. The second kappa shape index (κ2) is 6.54. The van der Waals surface area contributed by atoms with Gasteiger partial charge in [-0.2, -0.15) is 5.26 Å². The van der Waals surface area contributed by atoms with Crippen molar-refractivity contribution in [2.45, 2.75) is 0 Å². The number of halogens is 2. The van der Waals surface area contributed by atoms with Gasteiger partial charge in [0.15, 0.2) is 5.13 Å². The first-order chi connectivity index (χ1) is 11.0. The SMILES string of the molecule is N#Cc1cc(Br)cc(NC(=O)Nc2nc3ccc(Cl)cc3s2)c1. The van der Waals surface area contributed by atoms with Gasteiger partial charge in [-0.3, -0.25) is 5.32 Å². The number of rotatable bonds is 2. The van der Waals surface area contributed by atoms with E-state index in [4.69, 9.17) is 16.9 Å². The van der Waals surface area contributed by atoms with Crippen LogP contribution in [0, 0.1) is 11.3 Å². The smallest absolute Gasteiger partial charge is 0.308 e. The largest absolute Gasteiger partial charge is 0.325 e. The summed E-state index contributed by atoms with van der Waals surface area (Å²) in [6.45, 7) is 0. The summed E-state index contributed by atoms with van der Waals surface area (Å²) in [6, 6.07) is 11.9. The molecule has 0 saturated carbocycles. The topological polar surface area (TPSA) is 77.8 Å². The third kappa shape index (κ3) is 3.79. The Hall–Kier alpha value is -2.14. The van der Waals surface area contributed by atoms with Crippen molar-refractivity contribution in [2.24, 2.45) is 0 Å². The molecule has 0 aliphatic heterocycles. The molecule has 0 radical (unpaired) electrons. The minimum atomic E-state index is -0.433. The van der Waals surface area contributed by atoms with Crippen molar-refractivity contribution >= 4 is 65.9 Å². The number of urea groups is 1. The average molecular weight is 408 g/mol. The summed E-state index contributed by atoms with van der Waals surface area (Å²) < 4.78 is 1.60. The van der Waals surface area contributed by atoms with Crippen molar-refractivity contribution in [3.63, 3.8) is 0 Å². The second-order valence-electron chi connectivity index (χ2n) is 4.55. The lowest BCUT2D eigenvalue weighted by Gasteiger charge is -2.06. The van der Waals surface area contributed by atoms with Gasteiger partial charge in [-0.05, 0) is 36.4 Å². The summed E-state index contributed by atoms with van der Waals surface area (Å²) in [5, 5.41) is 15.4. The molecular formula is C15H8BrClN4OS. The van der Waals surface area contributed by atoms with Crippen LogP contribution in [0.25, 0.3) is 10.2 Å². The van der Waals surface area contributed by atoms with Crippen molar-refractivity contribution in [3.05, 3.63) is 51.5 Å². The third-order valence-corrected chi connectivity index (χ3v) is 4.48. The van der Waals surface area contributed by atoms with Gasteiger partial charge >= 0.3 is 6.03 Å². The molecule has 8 heteroatoms. The van der Waals surface area contributed by atoms with Crippen molar-refractivity contribution in [1.29, 1.82) is 5.26 Å². The molecule has 114 valence electrons. The molecule has 3 aromatic rings. The molecular weight excluding hydrogens is 400 g/mol. The zero-order valence-electron chi connectivity index (χ0n) is 11.4. The molecule has 2 N–H and O–H groups in total. The lowest BCUT2D eigenvalue weighted by atomic mass is 10.2. The number of benzene rings is 2.